The molecular formula is C17H15N3O5S. The Morgan fingerprint density at radius 2 is 1.92 bits per heavy atom. The number of benzene rings is 2. The summed E-state index contributed by atoms with van der Waals surface area (Å²) in [6.07, 6.45) is 0.853. The largest absolute Gasteiger partial charge is 0.417 e. The summed E-state index contributed by atoms with van der Waals surface area (Å²) in [6, 6.07) is 9.22. The van der Waals surface area contributed by atoms with Gasteiger partial charge in [-0.1, -0.05) is 0 Å². The molecule has 0 fully saturated rings. The highest BCUT2D eigenvalue weighted by Crippen LogP contribution is 2.29. The van der Waals surface area contributed by atoms with Gasteiger partial charge in [0.15, 0.2) is 5.58 Å². The second kappa shape index (κ2) is 5.73. The van der Waals surface area contributed by atoms with Crippen LogP contribution in [-0.4, -0.2) is 26.4 Å². The molecule has 4 rings (SSSR count). The predicted octanol–water partition coefficient (Wildman–Crippen LogP) is 1.83. The second-order valence-corrected chi connectivity index (χ2v) is 7.76. The van der Waals surface area contributed by atoms with Gasteiger partial charge in [0.1, 0.15) is 0 Å². The van der Waals surface area contributed by atoms with E-state index in [1.807, 2.05) is 0 Å². The fourth-order valence-electron chi connectivity index (χ4n) is 3.02. The predicted molar refractivity (Wildman–Crippen MR) is 95.8 cm³/mol. The molecule has 0 saturated carbocycles. The van der Waals surface area contributed by atoms with E-state index in [2.05, 4.69) is 9.71 Å². The Hall–Kier alpha value is -3.07. The van der Waals surface area contributed by atoms with Crippen LogP contribution in [0.1, 0.15) is 12.0 Å². The average molecular weight is 373 g/mol. The van der Waals surface area contributed by atoms with Crippen LogP contribution in [0, 0.1) is 0 Å². The first-order chi connectivity index (χ1) is 12.3. The van der Waals surface area contributed by atoms with Crippen LogP contribution >= 0.6 is 0 Å². The number of nitrogens with one attached hydrogen (secondary N) is 2. The first-order valence-corrected chi connectivity index (χ1v) is 9.37. The summed E-state index contributed by atoms with van der Waals surface area (Å²) in [5, 5.41) is 0. The molecule has 2 N–H and O–H groups in total. The Morgan fingerprint density at radius 1 is 1.12 bits per heavy atom. The molecule has 9 heteroatoms. The molecule has 1 aromatic heterocycles. The molecule has 3 aromatic rings. The lowest BCUT2D eigenvalue weighted by atomic mass is 10.0. The Bertz CT molecular complexity index is 1190. The lowest BCUT2D eigenvalue weighted by molar-refractivity contribution is -0.118. The van der Waals surface area contributed by atoms with Gasteiger partial charge >= 0.3 is 5.76 Å². The van der Waals surface area contributed by atoms with Gasteiger partial charge in [-0.15, -0.1) is 0 Å². The molecule has 0 saturated heterocycles. The molecule has 1 aliphatic rings. The fraction of sp³-hybridized carbons (Fsp3) is 0.176. The van der Waals surface area contributed by atoms with Crippen LogP contribution in [0.5, 0.6) is 0 Å². The Kier molecular flexibility index (Phi) is 3.62. The number of oxazole rings is 1. The molecule has 2 heterocycles. The summed E-state index contributed by atoms with van der Waals surface area (Å²) in [7, 11) is -2.15. The maximum atomic E-state index is 12.7. The number of hydrogen-bond donors (Lipinski definition) is 2. The number of anilines is 2. The van der Waals surface area contributed by atoms with Gasteiger partial charge in [-0.2, -0.15) is 0 Å². The van der Waals surface area contributed by atoms with Crippen LogP contribution in [0.4, 0.5) is 11.4 Å². The Labute approximate surface area is 148 Å². The summed E-state index contributed by atoms with van der Waals surface area (Å²) < 4.78 is 32.8. The molecule has 0 atom stereocenters. The van der Waals surface area contributed by atoms with Gasteiger partial charge in [0.05, 0.1) is 16.1 Å². The highest BCUT2D eigenvalue weighted by atomic mass is 32.2. The zero-order chi connectivity index (χ0) is 18.5. The Balaban J connectivity index is 1.67. The number of rotatable bonds is 3. The van der Waals surface area contributed by atoms with Crippen LogP contribution in [0.2, 0.25) is 0 Å². The lowest BCUT2D eigenvalue weighted by Gasteiger charge is -2.26. The number of nitrogens with zero attached hydrogens (tertiary/aromatic N) is 1. The minimum atomic E-state index is -3.82. The molecule has 0 radical (unpaired) electrons. The van der Waals surface area contributed by atoms with Gasteiger partial charge in [-0.25, -0.2) is 13.2 Å². The van der Waals surface area contributed by atoms with E-state index >= 15 is 0 Å². The topological polar surface area (TPSA) is 112 Å². The normalized spacial score (nSPS) is 14.5. The van der Waals surface area contributed by atoms with Crippen molar-refractivity contribution in [1.29, 1.82) is 0 Å². The molecule has 26 heavy (non-hydrogen) atoms. The van der Waals surface area contributed by atoms with Crippen LogP contribution in [0.15, 0.2) is 50.5 Å². The third-order valence-electron chi connectivity index (χ3n) is 4.38. The SMILES string of the molecule is CN1C(=O)CCc2cc(S(=O)(=O)Nc3ccc4[nH]c(=O)oc4c3)ccc21. The first-order valence-electron chi connectivity index (χ1n) is 7.89. The van der Waals surface area contributed by atoms with Crippen molar-refractivity contribution in [2.75, 3.05) is 16.7 Å². The van der Waals surface area contributed by atoms with E-state index in [1.165, 1.54) is 23.1 Å². The van der Waals surface area contributed by atoms with Crippen LogP contribution in [0.3, 0.4) is 0 Å². The molecule has 1 amide bonds. The highest BCUT2D eigenvalue weighted by Gasteiger charge is 2.23. The maximum Gasteiger partial charge on any atom is 0.417 e. The second-order valence-electron chi connectivity index (χ2n) is 6.07. The van der Waals surface area contributed by atoms with Crippen molar-refractivity contribution in [3.05, 3.63) is 52.5 Å². The molecule has 0 spiro atoms. The van der Waals surface area contributed by atoms with Crippen molar-refractivity contribution in [2.45, 2.75) is 17.7 Å². The van der Waals surface area contributed by atoms with E-state index in [0.29, 0.717) is 18.4 Å². The highest BCUT2D eigenvalue weighted by molar-refractivity contribution is 7.92. The lowest BCUT2D eigenvalue weighted by Crippen LogP contribution is -2.31. The van der Waals surface area contributed by atoms with E-state index in [0.717, 1.165) is 11.3 Å². The number of sulfonamides is 1. The summed E-state index contributed by atoms with van der Waals surface area (Å²) in [5.41, 5.74) is 2.56. The molecule has 8 nitrogen and oxygen atoms in total. The smallest absolute Gasteiger partial charge is 0.408 e. The van der Waals surface area contributed by atoms with Gasteiger partial charge in [0.2, 0.25) is 5.91 Å². The van der Waals surface area contributed by atoms with Gasteiger partial charge in [0, 0.05) is 25.2 Å². The first kappa shape index (κ1) is 16.4. The van der Waals surface area contributed by atoms with Crippen molar-refractivity contribution >= 4 is 38.4 Å². The minimum absolute atomic E-state index is 0.00697. The number of fused-ring (bicyclic) bond motifs is 2. The quantitative estimate of drug-likeness (QED) is 0.727. The summed E-state index contributed by atoms with van der Waals surface area (Å²) in [5.74, 6) is -0.596. The summed E-state index contributed by atoms with van der Waals surface area (Å²) >= 11 is 0. The van der Waals surface area contributed by atoms with Crippen LogP contribution in [-0.2, 0) is 21.2 Å². The van der Waals surface area contributed by atoms with E-state index in [4.69, 9.17) is 4.42 Å². The molecule has 0 unspecified atom stereocenters. The van der Waals surface area contributed by atoms with Gasteiger partial charge < -0.3 is 9.32 Å². The zero-order valence-corrected chi connectivity index (χ0v) is 14.6. The number of aromatic nitrogens is 1. The Morgan fingerprint density at radius 3 is 2.73 bits per heavy atom. The zero-order valence-electron chi connectivity index (χ0n) is 13.8. The van der Waals surface area contributed by atoms with Crippen molar-refractivity contribution < 1.29 is 17.6 Å². The molecule has 0 bridgehead atoms. The molecular weight excluding hydrogens is 358 g/mol. The summed E-state index contributed by atoms with van der Waals surface area (Å²) in [6.45, 7) is 0. The minimum Gasteiger partial charge on any atom is -0.408 e. The van der Waals surface area contributed by atoms with Crippen LogP contribution < -0.4 is 15.4 Å². The standard InChI is InChI=1S/C17H15N3O5S/c1-20-14-6-4-12(8-10(14)2-7-16(20)21)26(23,24)19-11-3-5-13-15(9-11)25-17(22)18-13/h3-6,8-9,19H,2,7H2,1H3,(H,18,22). The van der Waals surface area contributed by atoms with Gasteiger partial charge in [-0.05, 0) is 42.3 Å². The molecule has 0 aliphatic carbocycles. The van der Waals surface area contributed by atoms with Gasteiger partial charge in [0.25, 0.3) is 10.0 Å². The monoisotopic (exact) mass is 373 g/mol. The van der Waals surface area contributed by atoms with E-state index in [-0.39, 0.29) is 22.1 Å². The van der Waals surface area contributed by atoms with E-state index in [9.17, 15) is 18.0 Å². The number of carbonyl (C=O) groups is 1. The number of carbonyl (C=O) groups excluding carboxylic acids is 1. The number of amides is 1. The van der Waals surface area contributed by atoms with Crippen molar-refractivity contribution in [2.24, 2.45) is 0 Å². The fourth-order valence-corrected chi connectivity index (χ4v) is 4.12. The number of H-pyrrole nitrogens is 1. The molecule has 134 valence electrons. The van der Waals surface area contributed by atoms with Crippen LogP contribution in [0.25, 0.3) is 11.1 Å². The molecule has 1 aliphatic heterocycles. The number of hydrogen-bond acceptors (Lipinski definition) is 5. The van der Waals surface area contributed by atoms with Crippen molar-refractivity contribution in [1.82, 2.24) is 4.98 Å². The number of aryl methyl sites for hydroxylation is 1. The van der Waals surface area contributed by atoms with Crippen molar-refractivity contribution in [3.8, 4) is 0 Å². The average Bonchev–Trinajstić information content (AvgIpc) is 2.97. The van der Waals surface area contributed by atoms with E-state index in [1.54, 1.807) is 25.2 Å². The van der Waals surface area contributed by atoms with E-state index < -0.39 is 15.8 Å². The number of aromatic amines is 1. The molecule has 2 aromatic carbocycles. The van der Waals surface area contributed by atoms with Crippen molar-refractivity contribution in [3.63, 3.8) is 0 Å². The third kappa shape index (κ3) is 2.76. The third-order valence-corrected chi connectivity index (χ3v) is 5.76. The van der Waals surface area contributed by atoms with Gasteiger partial charge in [-0.3, -0.25) is 14.5 Å². The summed E-state index contributed by atoms with van der Waals surface area (Å²) in [4.78, 5) is 27.1. The maximum absolute atomic E-state index is 12.7.